The Morgan fingerprint density at radius 1 is 1.39 bits per heavy atom. The molecule has 6 nitrogen and oxygen atoms in total. The fourth-order valence-corrected chi connectivity index (χ4v) is 2.48. The van der Waals surface area contributed by atoms with Gasteiger partial charge in [0.05, 0.1) is 12.1 Å². The van der Waals surface area contributed by atoms with Crippen LogP contribution < -0.4 is 5.32 Å². The number of hydrogen-bond acceptors (Lipinski definition) is 6. The van der Waals surface area contributed by atoms with Gasteiger partial charge in [0, 0.05) is 20.8 Å². The van der Waals surface area contributed by atoms with E-state index in [-0.39, 0.29) is 18.2 Å². The molecular formula is C12H19N3O3. The van der Waals surface area contributed by atoms with Crippen molar-refractivity contribution in [3.63, 3.8) is 0 Å². The van der Waals surface area contributed by atoms with Gasteiger partial charge in [0.15, 0.2) is 0 Å². The molecule has 0 radical (unpaired) electrons. The van der Waals surface area contributed by atoms with E-state index in [4.69, 9.17) is 14.0 Å². The Bertz CT molecular complexity index is 405. The first-order chi connectivity index (χ1) is 8.81. The molecule has 1 aliphatic carbocycles. The van der Waals surface area contributed by atoms with Crippen LogP contribution in [-0.2, 0) is 9.47 Å². The number of ether oxygens (including phenoxy) is 2. The lowest BCUT2D eigenvalue weighted by Crippen LogP contribution is -2.16. The fraction of sp³-hybridized carbons (Fsp3) is 0.833. The lowest BCUT2D eigenvalue weighted by atomic mass is 10.2. The molecule has 0 aromatic carbocycles. The van der Waals surface area contributed by atoms with Crippen molar-refractivity contribution in [1.82, 2.24) is 15.5 Å². The summed E-state index contributed by atoms with van der Waals surface area (Å²) in [6.45, 7) is 0.829. The summed E-state index contributed by atoms with van der Waals surface area (Å²) < 4.78 is 16.1. The summed E-state index contributed by atoms with van der Waals surface area (Å²) in [7, 11) is 3.43. The van der Waals surface area contributed by atoms with Crippen LogP contribution in [-0.4, -0.2) is 37.0 Å². The molecule has 3 atom stereocenters. The molecule has 1 saturated carbocycles. The van der Waals surface area contributed by atoms with Gasteiger partial charge in [-0.2, -0.15) is 4.98 Å². The second kappa shape index (κ2) is 4.95. The van der Waals surface area contributed by atoms with Gasteiger partial charge in [-0.25, -0.2) is 0 Å². The van der Waals surface area contributed by atoms with E-state index in [1.165, 1.54) is 12.8 Å². The molecule has 1 aromatic heterocycles. The molecule has 0 amide bonds. The maximum atomic E-state index is 5.45. The minimum atomic E-state index is -0.0119. The van der Waals surface area contributed by atoms with Gasteiger partial charge in [0.25, 0.3) is 0 Å². The highest BCUT2D eigenvalue weighted by atomic mass is 16.5. The van der Waals surface area contributed by atoms with Crippen LogP contribution in [0.5, 0.6) is 0 Å². The fourth-order valence-electron chi connectivity index (χ4n) is 2.48. The molecule has 100 valence electrons. The number of rotatable bonds is 5. The molecule has 0 spiro atoms. The highest BCUT2D eigenvalue weighted by Gasteiger charge is 2.37. The van der Waals surface area contributed by atoms with Crippen LogP contribution in [0.3, 0.4) is 0 Å². The number of methoxy groups -OCH3 is 2. The van der Waals surface area contributed by atoms with Gasteiger partial charge < -0.3 is 19.3 Å². The first-order valence-corrected chi connectivity index (χ1v) is 6.44. The quantitative estimate of drug-likeness (QED) is 0.850. The summed E-state index contributed by atoms with van der Waals surface area (Å²) in [5.41, 5.74) is 0. The van der Waals surface area contributed by atoms with Gasteiger partial charge >= 0.3 is 0 Å². The number of aromatic nitrogens is 2. The van der Waals surface area contributed by atoms with Crippen molar-refractivity contribution >= 4 is 0 Å². The molecule has 1 aliphatic heterocycles. The predicted molar refractivity (Wildman–Crippen MR) is 62.9 cm³/mol. The zero-order chi connectivity index (χ0) is 12.5. The average molecular weight is 253 g/mol. The van der Waals surface area contributed by atoms with Crippen molar-refractivity contribution in [2.24, 2.45) is 5.92 Å². The molecule has 2 aliphatic rings. The van der Waals surface area contributed by atoms with E-state index in [9.17, 15) is 0 Å². The molecule has 2 heterocycles. The van der Waals surface area contributed by atoms with Gasteiger partial charge in [0.2, 0.25) is 11.7 Å². The van der Waals surface area contributed by atoms with Crippen LogP contribution in [0, 0.1) is 5.92 Å². The first-order valence-electron chi connectivity index (χ1n) is 6.44. The third-order valence-corrected chi connectivity index (χ3v) is 3.74. The van der Waals surface area contributed by atoms with Crippen LogP contribution >= 0.6 is 0 Å². The average Bonchev–Trinajstić information content (AvgIpc) is 2.94. The van der Waals surface area contributed by atoms with Crippen molar-refractivity contribution in [3.8, 4) is 0 Å². The van der Waals surface area contributed by atoms with Gasteiger partial charge in [-0.15, -0.1) is 0 Å². The van der Waals surface area contributed by atoms with Gasteiger partial charge in [-0.3, -0.25) is 0 Å². The van der Waals surface area contributed by atoms with E-state index in [1.54, 1.807) is 14.2 Å². The zero-order valence-corrected chi connectivity index (χ0v) is 10.8. The first kappa shape index (κ1) is 12.1. The molecule has 18 heavy (non-hydrogen) atoms. The van der Waals surface area contributed by atoms with Crippen LogP contribution in [0.15, 0.2) is 4.52 Å². The Morgan fingerprint density at radius 3 is 2.83 bits per heavy atom. The molecule has 6 heteroatoms. The molecular weight excluding hydrogens is 234 g/mol. The van der Waals surface area contributed by atoms with Crippen LogP contribution in [0.4, 0.5) is 0 Å². The Morgan fingerprint density at radius 2 is 2.22 bits per heavy atom. The van der Waals surface area contributed by atoms with Crippen LogP contribution in [0.25, 0.3) is 0 Å². The summed E-state index contributed by atoms with van der Waals surface area (Å²) in [5, 5.41) is 7.38. The Kier molecular flexibility index (Phi) is 3.32. The second-order valence-electron chi connectivity index (χ2n) is 5.04. The highest BCUT2D eigenvalue weighted by molar-refractivity contribution is 5.02. The highest BCUT2D eigenvalue weighted by Crippen LogP contribution is 2.42. The Labute approximate surface area is 106 Å². The molecule has 3 rings (SSSR count). The molecule has 2 fully saturated rings. The van der Waals surface area contributed by atoms with Crippen molar-refractivity contribution in [2.45, 2.75) is 37.5 Å². The molecule has 1 aromatic rings. The lowest BCUT2D eigenvalue weighted by molar-refractivity contribution is 0.0751. The summed E-state index contributed by atoms with van der Waals surface area (Å²) in [4.78, 5) is 4.47. The monoisotopic (exact) mass is 253 g/mol. The maximum Gasteiger partial charge on any atom is 0.243 e. The predicted octanol–water partition coefficient (Wildman–Crippen LogP) is 1.22. The summed E-state index contributed by atoms with van der Waals surface area (Å²) in [6, 6.07) is 0.105. The molecule has 1 unspecified atom stereocenters. The third kappa shape index (κ3) is 2.28. The minimum absolute atomic E-state index is 0.0119. The largest absolute Gasteiger partial charge is 0.380 e. The minimum Gasteiger partial charge on any atom is -0.380 e. The summed E-state index contributed by atoms with van der Waals surface area (Å²) in [6.07, 6.45) is 3.47. The SMILES string of the molecule is COC(c1noc([C@H]2C[C@H](OC)CN2)n1)C1CC1. The molecule has 1 saturated heterocycles. The Balaban J connectivity index is 1.69. The van der Waals surface area contributed by atoms with E-state index in [2.05, 4.69) is 15.5 Å². The van der Waals surface area contributed by atoms with Gasteiger partial charge in [0.1, 0.15) is 6.10 Å². The van der Waals surface area contributed by atoms with Crippen molar-refractivity contribution < 1.29 is 14.0 Å². The summed E-state index contributed by atoms with van der Waals surface area (Å²) >= 11 is 0. The van der Waals surface area contributed by atoms with E-state index < -0.39 is 0 Å². The van der Waals surface area contributed by atoms with Gasteiger partial charge in [-0.05, 0) is 25.2 Å². The summed E-state index contributed by atoms with van der Waals surface area (Å²) in [5.74, 6) is 1.88. The van der Waals surface area contributed by atoms with Gasteiger partial charge in [-0.1, -0.05) is 5.16 Å². The third-order valence-electron chi connectivity index (χ3n) is 3.74. The van der Waals surface area contributed by atoms with Crippen LogP contribution in [0.2, 0.25) is 0 Å². The van der Waals surface area contributed by atoms with E-state index in [0.717, 1.165) is 13.0 Å². The van der Waals surface area contributed by atoms with Crippen molar-refractivity contribution in [1.29, 1.82) is 0 Å². The molecule has 0 bridgehead atoms. The van der Waals surface area contributed by atoms with Crippen molar-refractivity contribution in [2.75, 3.05) is 20.8 Å². The van der Waals surface area contributed by atoms with E-state index in [0.29, 0.717) is 17.6 Å². The number of nitrogens with one attached hydrogen (secondary N) is 1. The van der Waals surface area contributed by atoms with E-state index >= 15 is 0 Å². The van der Waals surface area contributed by atoms with Crippen LogP contribution in [0.1, 0.15) is 43.1 Å². The normalized spacial score (nSPS) is 29.7. The van der Waals surface area contributed by atoms with Crippen molar-refractivity contribution in [3.05, 3.63) is 11.7 Å². The zero-order valence-electron chi connectivity index (χ0n) is 10.8. The van der Waals surface area contributed by atoms with E-state index in [1.807, 2.05) is 0 Å². The Hall–Kier alpha value is -0.980. The topological polar surface area (TPSA) is 69.4 Å². The second-order valence-corrected chi connectivity index (χ2v) is 5.04. The molecule has 1 N–H and O–H groups in total. The lowest BCUT2D eigenvalue weighted by Gasteiger charge is -2.08. The maximum absolute atomic E-state index is 5.45. The standard InChI is InChI=1S/C12H19N3O3/c1-16-8-5-9(13-6-8)12-14-11(15-18-12)10(17-2)7-3-4-7/h7-10,13H,3-6H2,1-2H3/t8-,9+,10?/m0/s1. The smallest absolute Gasteiger partial charge is 0.243 e. The number of hydrogen-bond donors (Lipinski definition) is 1. The number of nitrogens with zero attached hydrogens (tertiary/aromatic N) is 2.